The monoisotopic (exact) mass is 455 g/mol. The molecule has 0 aliphatic carbocycles. The van der Waals surface area contributed by atoms with E-state index < -0.39 is 17.8 Å². The molecule has 9 heteroatoms. The zero-order valence-corrected chi connectivity index (χ0v) is 19.3. The molecule has 2 amide bonds. The highest BCUT2D eigenvalue weighted by Crippen LogP contribution is 2.22. The normalized spacial score (nSPS) is 11.8. The van der Waals surface area contributed by atoms with Crippen molar-refractivity contribution in [2.75, 3.05) is 11.1 Å². The molecule has 3 aromatic rings. The second-order valence-corrected chi connectivity index (χ2v) is 8.29. The number of halogens is 1. The van der Waals surface area contributed by atoms with Crippen molar-refractivity contribution in [1.29, 1.82) is 0 Å². The minimum Gasteiger partial charge on any atom is -0.342 e. The molecule has 0 spiro atoms. The number of carbonyl (C=O) groups excluding carboxylic acids is 2. The van der Waals surface area contributed by atoms with E-state index in [1.54, 1.807) is 13.0 Å². The minimum atomic E-state index is -0.583. The van der Waals surface area contributed by atoms with E-state index in [2.05, 4.69) is 20.8 Å². The van der Waals surface area contributed by atoms with Gasteiger partial charge >= 0.3 is 0 Å². The number of nitrogens with one attached hydrogen (secondary N) is 2. The predicted molar refractivity (Wildman–Crippen MR) is 123 cm³/mol. The van der Waals surface area contributed by atoms with Crippen molar-refractivity contribution >= 4 is 29.3 Å². The number of aryl methyl sites for hydroxylation is 1. The summed E-state index contributed by atoms with van der Waals surface area (Å²) in [5.41, 5.74) is 2.90. The van der Waals surface area contributed by atoms with Crippen LogP contribution in [0.1, 0.15) is 47.2 Å². The van der Waals surface area contributed by atoms with E-state index in [-0.39, 0.29) is 17.2 Å². The van der Waals surface area contributed by atoms with Gasteiger partial charge in [0.15, 0.2) is 11.0 Å². The maximum atomic E-state index is 13.9. The van der Waals surface area contributed by atoms with Gasteiger partial charge in [-0.15, -0.1) is 10.2 Å². The third-order valence-corrected chi connectivity index (χ3v) is 6.09. The molecular weight excluding hydrogens is 429 g/mol. The minimum absolute atomic E-state index is 0.0281. The van der Waals surface area contributed by atoms with Gasteiger partial charge in [-0.1, -0.05) is 36.0 Å². The van der Waals surface area contributed by atoms with Gasteiger partial charge in [0.25, 0.3) is 5.91 Å². The first-order chi connectivity index (χ1) is 15.3. The summed E-state index contributed by atoms with van der Waals surface area (Å²) in [6, 6.07) is 11.1. The van der Waals surface area contributed by atoms with Crippen LogP contribution in [0.4, 0.5) is 10.1 Å². The van der Waals surface area contributed by atoms with Crippen molar-refractivity contribution in [2.24, 2.45) is 0 Å². The van der Waals surface area contributed by atoms with E-state index >= 15 is 0 Å². The fourth-order valence-electron chi connectivity index (χ4n) is 3.21. The third kappa shape index (κ3) is 5.34. The van der Waals surface area contributed by atoms with E-state index in [0.717, 1.165) is 16.8 Å². The molecule has 0 bridgehead atoms. The Balaban J connectivity index is 1.65. The van der Waals surface area contributed by atoms with Crippen LogP contribution in [-0.4, -0.2) is 32.3 Å². The molecule has 3 rings (SSSR count). The number of nitrogens with zero attached hydrogens (tertiary/aromatic N) is 3. The number of thioether (sulfide) groups is 1. The average molecular weight is 456 g/mol. The number of carbonyl (C=O) groups is 2. The van der Waals surface area contributed by atoms with Crippen molar-refractivity contribution in [3.8, 4) is 0 Å². The van der Waals surface area contributed by atoms with Gasteiger partial charge in [0.05, 0.1) is 17.4 Å². The number of anilines is 1. The zero-order chi connectivity index (χ0) is 23.3. The van der Waals surface area contributed by atoms with Gasteiger partial charge in [0.1, 0.15) is 5.82 Å². The van der Waals surface area contributed by atoms with Crippen molar-refractivity contribution in [3.63, 3.8) is 0 Å². The van der Waals surface area contributed by atoms with Crippen LogP contribution in [0.5, 0.6) is 0 Å². The number of benzene rings is 2. The first kappa shape index (κ1) is 23.5. The molecule has 0 saturated heterocycles. The first-order valence-corrected chi connectivity index (χ1v) is 11.3. The molecule has 32 heavy (non-hydrogen) atoms. The van der Waals surface area contributed by atoms with E-state index in [1.165, 1.54) is 30.0 Å². The third-order valence-electron chi connectivity index (χ3n) is 5.13. The topological polar surface area (TPSA) is 88.9 Å². The van der Waals surface area contributed by atoms with Crippen LogP contribution < -0.4 is 10.6 Å². The number of hydrogen-bond donors (Lipinski definition) is 2. The van der Waals surface area contributed by atoms with Crippen LogP contribution in [0.15, 0.2) is 47.6 Å². The van der Waals surface area contributed by atoms with Gasteiger partial charge in [0.2, 0.25) is 5.91 Å². The van der Waals surface area contributed by atoms with Gasteiger partial charge in [-0.05, 0) is 57.0 Å². The lowest BCUT2D eigenvalue weighted by molar-refractivity contribution is -0.113. The molecule has 0 aliphatic heterocycles. The molecule has 7 nitrogen and oxygen atoms in total. The van der Waals surface area contributed by atoms with Crippen LogP contribution in [0.2, 0.25) is 0 Å². The van der Waals surface area contributed by atoms with E-state index in [0.29, 0.717) is 17.5 Å². The number of amides is 2. The van der Waals surface area contributed by atoms with E-state index in [4.69, 9.17) is 0 Å². The average Bonchev–Trinajstić information content (AvgIpc) is 3.19. The molecule has 1 unspecified atom stereocenters. The summed E-state index contributed by atoms with van der Waals surface area (Å²) in [4.78, 5) is 24.9. The highest BCUT2D eigenvalue weighted by atomic mass is 32.2. The smallest absolute Gasteiger partial charge is 0.254 e. The van der Waals surface area contributed by atoms with Crippen molar-refractivity contribution in [3.05, 3.63) is 70.8 Å². The van der Waals surface area contributed by atoms with Crippen LogP contribution in [0, 0.1) is 19.7 Å². The lowest BCUT2D eigenvalue weighted by Gasteiger charge is -2.15. The largest absolute Gasteiger partial charge is 0.342 e. The van der Waals surface area contributed by atoms with Gasteiger partial charge < -0.3 is 15.2 Å². The molecule has 0 radical (unpaired) electrons. The summed E-state index contributed by atoms with van der Waals surface area (Å²) in [5.74, 6) is -0.545. The van der Waals surface area contributed by atoms with E-state index in [1.807, 2.05) is 43.5 Å². The zero-order valence-electron chi connectivity index (χ0n) is 18.5. The SMILES string of the molecule is CCn1c(SCC(=O)Nc2cccc(C)c2C)nnc1C(C)NC(=O)c1ccccc1F. The highest BCUT2D eigenvalue weighted by molar-refractivity contribution is 7.99. The summed E-state index contributed by atoms with van der Waals surface area (Å²) < 4.78 is 15.7. The Labute approximate surface area is 190 Å². The van der Waals surface area contributed by atoms with Crippen LogP contribution in [-0.2, 0) is 11.3 Å². The van der Waals surface area contributed by atoms with Crippen molar-refractivity contribution in [2.45, 2.75) is 45.4 Å². The Morgan fingerprint density at radius 1 is 1.12 bits per heavy atom. The van der Waals surface area contributed by atoms with Crippen LogP contribution >= 0.6 is 11.8 Å². The fraction of sp³-hybridized carbons (Fsp3) is 0.304. The maximum absolute atomic E-state index is 13.9. The van der Waals surface area contributed by atoms with Gasteiger partial charge in [0, 0.05) is 12.2 Å². The molecule has 1 aromatic heterocycles. The van der Waals surface area contributed by atoms with Gasteiger partial charge in [-0.2, -0.15) is 0 Å². The molecule has 0 fully saturated rings. The fourth-order valence-corrected chi connectivity index (χ4v) is 4.02. The van der Waals surface area contributed by atoms with Gasteiger partial charge in [-0.25, -0.2) is 4.39 Å². The van der Waals surface area contributed by atoms with E-state index in [9.17, 15) is 14.0 Å². The quantitative estimate of drug-likeness (QED) is 0.495. The van der Waals surface area contributed by atoms with Crippen molar-refractivity contribution < 1.29 is 14.0 Å². The molecule has 1 atom stereocenters. The first-order valence-electron chi connectivity index (χ1n) is 10.3. The summed E-state index contributed by atoms with van der Waals surface area (Å²) in [6.07, 6.45) is 0. The summed E-state index contributed by atoms with van der Waals surface area (Å²) in [6.45, 7) is 8.21. The molecule has 0 aliphatic rings. The molecule has 168 valence electrons. The van der Waals surface area contributed by atoms with Crippen LogP contribution in [0.25, 0.3) is 0 Å². The summed E-state index contributed by atoms with van der Waals surface area (Å²) in [5, 5.41) is 14.6. The van der Waals surface area contributed by atoms with Gasteiger partial charge in [-0.3, -0.25) is 9.59 Å². The Hall–Kier alpha value is -3.20. The van der Waals surface area contributed by atoms with Crippen LogP contribution in [0.3, 0.4) is 0 Å². The Kier molecular flexibility index (Phi) is 7.63. The molecule has 1 heterocycles. The Bertz CT molecular complexity index is 1130. The maximum Gasteiger partial charge on any atom is 0.254 e. The Morgan fingerprint density at radius 2 is 1.88 bits per heavy atom. The molecular formula is C23H26FN5O2S. The summed E-state index contributed by atoms with van der Waals surface area (Å²) in [7, 11) is 0. The predicted octanol–water partition coefficient (Wildman–Crippen LogP) is 4.28. The summed E-state index contributed by atoms with van der Waals surface area (Å²) >= 11 is 1.27. The number of hydrogen-bond acceptors (Lipinski definition) is 5. The second kappa shape index (κ2) is 10.4. The molecule has 2 aromatic carbocycles. The molecule has 2 N–H and O–H groups in total. The number of aromatic nitrogens is 3. The Morgan fingerprint density at radius 3 is 2.59 bits per heavy atom. The molecule has 0 saturated carbocycles. The number of rotatable bonds is 8. The second-order valence-electron chi connectivity index (χ2n) is 7.34. The highest BCUT2D eigenvalue weighted by Gasteiger charge is 2.21. The van der Waals surface area contributed by atoms with Crippen molar-refractivity contribution in [1.82, 2.24) is 20.1 Å². The lowest BCUT2D eigenvalue weighted by Crippen LogP contribution is -2.29. The standard InChI is InChI=1S/C23H26FN5O2S/c1-5-29-21(16(4)25-22(31)17-10-6-7-11-18(17)24)27-28-23(29)32-13-20(30)26-19-12-8-9-14(2)15(19)3/h6-12,16H,5,13H2,1-4H3,(H,25,31)(H,26,30). The lowest BCUT2D eigenvalue weighted by atomic mass is 10.1.